The SMILES string of the molecule is CN=[N+]=C1C=Cc2ccccc2C1=O. The van der Waals surface area contributed by atoms with Gasteiger partial charge in [-0.25, -0.2) is 0 Å². The molecule has 68 valence electrons. The van der Waals surface area contributed by atoms with Gasteiger partial charge in [-0.15, -0.1) is 0 Å². The molecule has 1 aliphatic rings. The molecule has 0 aromatic heterocycles. The van der Waals surface area contributed by atoms with E-state index in [4.69, 9.17) is 0 Å². The molecule has 3 nitrogen and oxygen atoms in total. The van der Waals surface area contributed by atoms with E-state index in [1.54, 1.807) is 19.2 Å². The third-order valence-corrected chi connectivity index (χ3v) is 2.07. The number of ketones is 1. The number of carbonyl (C=O) groups excluding carboxylic acids is 1. The van der Waals surface area contributed by atoms with E-state index in [1.807, 2.05) is 24.3 Å². The van der Waals surface area contributed by atoms with E-state index in [0.717, 1.165) is 5.56 Å². The Bertz CT molecular complexity index is 480. The van der Waals surface area contributed by atoms with Gasteiger partial charge >= 0.3 is 5.71 Å². The van der Waals surface area contributed by atoms with E-state index in [2.05, 4.69) is 9.90 Å². The average Bonchev–Trinajstić information content (AvgIpc) is 2.23. The van der Waals surface area contributed by atoms with Gasteiger partial charge in [-0.3, -0.25) is 4.79 Å². The summed E-state index contributed by atoms with van der Waals surface area (Å²) in [5, 5.41) is 3.60. The van der Waals surface area contributed by atoms with Gasteiger partial charge in [0.1, 0.15) is 7.05 Å². The summed E-state index contributed by atoms with van der Waals surface area (Å²) in [7, 11) is 1.55. The molecule has 3 heteroatoms. The molecular formula is C11H9N2O+. The van der Waals surface area contributed by atoms with Crippen LogP contribution in [0.15, 0.2) is 35.5 Å². The fraction of sp³-hybridized carbons (Fsp3) is 0.0909. The van der Waals surface area contributed by atoms with Gasteiger partial charge in [0.2, 0.25) is 0 Å². The Balaban J connectivity index is 2.62. The predicted molar refractivity (Wildman–Crippen MR) is 53.4 cm³/mol. The van der Waals surface area contributed by atoms with Crippen LogP contribution in [0.3, 0.4) is 0 Å². The van der Waals surface area contributed by atoms with E-state index < -0.39 is 0 Å². The first kappa shape index (κ1) is 8.60. The number of nitrogens with zero attached hydrogens (tertiary/aromatic N) is 2. The summed E-state index contributed by atoms with van der Waals surface area (Å²) in [6.45, 7) is 0. The highest BCUT2D eigenvalue weighted by Gasteiger charge is 2.26. The number of hydrogen-bond acceptors (Lipinski definition) is 2. The molecular weight excluding hydrogens is 176 g/mol. The fourth-order valence-corrected chi connectivity index (χ4v) is 1.42. The summed E-state index contributed by atoms with van der Waals surface area (Å²) < 4.78 is 0. The quantitative estimate of drug-likeness (QED) is 0.447. The van der Waals surface area contributed by atoms with Crippen LogP contribution in [0.4, 0.5) is 0 Å². The maximum Gasteiger partial charge on any atom is 0.412 e. The molecule has 0 bridgehead atoms. The first-order valence-corrected chi connectivity index (χ1v) is 4.31. The van der Waals surface area contributed by atoms with Crippen molar-refractivity contribution in [3.63, 3.8) is 0 Å². The number of rotatable bonds is 0. The van der Waals surface area contributed by atoms with Crippen molar-refractivity contribution < 1.29 is 9.58 Å². The van der Waals surface area contributed by atoms with Gasteiger partial charge in [0.05, 0.1) is 9.90 Å². The number of benzene rings is 1. The second-order valence-electron chi connectivity index (χ2n) is 2.93. The Morgan fingerprint density at radius 2 is 2.00 bits per heavy atom. The van der Waals surface area contributed by atoms with Gasteiger partial charge in [0.25, 0.3) is 5.78 Å². The molecule has 1 aliphatic carbocycles. The Morgan fingerprint density at radius 3 is 2.79 bits per heavy atom. The van der Waals surface area contributed by atoms with Gasteiger partial charge in [0, 0.05) is 11.6 Å². The van der Waals surface area contributed by atoms with Gasteiger partial charge < -0.3 is 0 Å². The Labute approximate surface area is 81.5 Å². The smallest absolute Gasteiger partial charge is 0.280 e. The van der Waals surface area contributed by atoms with Gasteiger partial charge in [0.15, 0.2) is 0 Å². The van der Waals surface area contributed by atoms with Crippen molar-refractivity contribution >= 4 is 17.6 Å². The molecule has 2 rings (SSSR count). The Hall–Kier alpha value is -1.99. The third-order valence-electron chi connectivity index (χ3n) is 2.07. The molecule has 14 heavy (non-hydrogen) atoms. The number of allylic oxidation sites excluding steroid dienone is 1. The van der Waals surface area contributed by atoms with Crippen molar-refractivity contribution in [1.29, 1.82) is 0 Å². The number of carbonyl (C=O) groups is 1. The van der Waals surface area contributed by atoms with Crippen molar-refractivity contribution in [3.05, 3.63) is 41.5 Å². The first-order chi connectivity index (χ1) is 6.83. The lowest BCUT2D eigenvalue weighted by Gasteiger charge is -2.03. The largest absolute Gasteiger partial charge is 0.412 e. The summed E-state index contributed by atoms with van der Waals surface area (Å²) in [6, 6.07) is 7.45. The van der Waals surface area contributed by atoms with Crippen molar-refractivity contribution in [2.45, 2.75) is 0 Å². The Kier molecular flexibility index (Phi) is 2.09. The summed E-state index contributed by atoms with van der Waals surface area (Å²) in [4.78, 5) is 15.5. The standard InChI is InChI=1S/C11H9N2O/c1-12-13-10-7-6-8-4-2-3-5-9(8)11(10)14/h2-7H,1H3/q+1. The number of hydrogen-bond donors (Lipinski definition) is 0. The van der Waals surface area contributed by atoms with Crippen LogP contribution in [0.2, 0.25) is 0 Å². The van der Waals surface area contributed by atoms with Gasteiger partial charge in [-0.05, 0) is 11.6 Å². The lowest BCUT2D eigenvalue weighted by molar-refractivity contribution is -0.0826. The van der Waals surface area contributed by atoms with E-state index in [-0.39, 0.29) is 5.78 Å². The van der Waals surface area contributed by atoms with Crippen LogP contribution >= 0.6 is 0 Å². The summed E-state index contributed by atoms with van der Waals surface area (Å²) in [6.07, 6.45) is 3.57. The van der Waals surface area contributed by atoms with Crippen molar-refractivity contribution in [3.8, 4) is 0 Å². The molecule has 1 aromatic carbocycles. The highest BCUT2D eigenvalue weighted by atomic mass is 16.1. The zero-order valence-corrected chi connectivity index (χ0v) is 7.77. The molecule has 0 aliphatic heterocycles. The molecule has 0 N–H and O–H groups in total. The van der Waals surface area contributed by atoms with Crippen molar-refractivity contribution in [2.24, 2.45) is 5.11 Å². The van der Waals surface area contributed by atoms with Gasteiger partial charge in [-0.2, -0.15) is 0 Å². The molecule has 0 atom stereocenters. The molecule has 0 amide bonds. The van der Waals surface area contributed by atoms with E-state index in [9.17, 15) is 4.79 Å². The summed E-state index contributed by atoms with van der Waals surface area (Å²) >= 11 is 0. The minimum Gasteiger partial charge on any atom is -0.280 e. The fourth-order valence-electron chi connectivity index (χ4n) is 1.42. The minimum atomic E-state index is -0.0614. The second-order valence-corrected chi connectivity index (χ2v) is 2.93. The zero-order chi connectivity index (χ0) is 9.97. The van der Waals surface area contributed by atoms with Crippen LogP contribution in [-0.2, 0) is 0 Å². The van der Waals surface area contributed by atoms with E-state index >= 15 is 0 Å². The summed E-state index contributed by atoms with van der Waals surface area (Å²) in [5.41, 5.74) is 2.02. The Morgan fingerprint density at radius 1 is 1.21 bits per heavy atom. The monoisotopic (exact) mass is 185 g/mol. The van der Waals surface area contributed by atoms with E-state index in [1.165, 1.54) is 0 Å². The zero-order valence-electron chi connectivity index (χ0n) is 7.77. The molecule has 0 heterocycles. The van der Waals surface area contributed by atoms with Crippen LogP contribution in [-0.4, -0.2) is 23.3 Å². The average molecular weight is 185 g/mol. The van der Waals surface area contributed by atoms with Crippen LogP contribution in [0.5, 0.6) is 0 Å². The number of Topliss-reactive ketones (excluding diaryl/α,β-unsaturated/α-hetero) is 1. The second kappa shape index (κ2) is 3.40. The van der Waals surface area contributed by atoms with Crippen LogP contribution < -0.4 is 0 Å². The van der Waals surface area contributed by atoms with Crippen molar-refractivity contribution in [2.75, 3.05) is 7.05 Å². The lowest BCUT2D eigenvalue weighted by Crippen LogP contribution is -2.17. The highest BCUT2D eigenvalue weighted by molar-refractivity contribution is 6.50. The minimum absolute atomic E-state index is 0.0614. The molecule has 1 aromatic rings. The normalized spacial score (nSPS) is 13.5. The maximum absolute atomic E-state index is 11.8. The van der Waals surface area contributed by atoms with Crippen LogP contribution in [0, 0.1) is 0 Å². The summed E-state index contributed by atoms with van der Waals surface area (Å²) in [5.74, 6) is -0.0614. The molecule has 0 spiro atoms. The molecule has 0 unspecified atom stereocenters. The van der Waals surface area contributed by atoms with Crippen LogP contribution in [0.1, 0.15) is 15.9 Å². The third kappa shape index (κ3) is 1.30. The molecule has 0 saturated carbocycles. The van der Waals surface area contributed by atoms with Crippen molar-refractivity contribution in [1.82, 2.24) is 0 Å². The first-order valence-electron chi connectivity index (χ1n) is 4.31. The highest BCUT2D eigenvalue weighted by Crippen LogP contribution is 2.16. The maximum atomic E-state index is 11.8. The molecule has 0 fully saturated rings. The topological polar surface area (TPSA) is 43.5 Å². The van der Waals surface area contributed by atoms with Gasteiger partial charge in [-0.1, -0.05) is 24.3 Å². The van der Waals surface area contributed by atoms with E-state index in [0.29, 0.717) is 11.3 Å². The van der Waals surface area contributed by atoms with Crippen LogP contribution in [0.25, 0.3) is 6.08 Å². The molecule has 0 radical (unpaired) electrons. The number of fused-ring (bicyclic) bond motifs is 1. The lowest BCUT2D eigenvalue weighted by atomic mass is 9.95. The predicted octanol–water partition coefficient (Wildman–Crippen LogP) is 1.63. The molecule has 0 saturated heterocycles.